The highest BCUT2D eigenvalue weighted by atomic mass is 16.5. The maximum Gasteiger partial charge on any atom is 0.173 e. The van der Waals surface area contributed by atoms with Gasteiger partial charge in [-0.2, -0.15) is 0 Å². The van der Waals surface area contributed by atoms with Crippen molar-refractivity contribution in [3.63, 3.8) is 0 Å². The molecular formula is C29H33NO6. The molecule has 0 aliphatic carbocycles. The third-order valence-corrected chi connectivity index (χ3v) is 6.20. The van der Waals surface area contributed by atoms with Gasteiger partial charge in [0.05, 0.1) is 33.9 Å². The number of methoxy groups -OCH3 is 3. The van der Waals surface area contributed by atoms with Gasteiger partial charge in [-0.05, 0) is 66.6 Å². The normalized spacial score (nSPS) is 11.7. The Kier molecular flexibility index (Phi) is 8.15. The van der Waals surface area contributed by atoms with Crippen molar-refractivity contribution in [1.82, 2.24) is 4.90 Å². The van der Waals surface area contributed by atoms with Crippen molar-refractivity contribution in [2.75, 3.05) is 34.5 Å². The standard InChI is InChI=1S/C29H33NO6/c1-21-5-10-26(35-21)19-30(17-18-32-2)20-27-15-16-28(36-27)29(31,22-6-11-24(33-3)12-7-22)23-8-13-25(34-4)14-9-23/h5-16,31H,17-20H2,1-4H3. The Bertz CT molecular complexity index is 1180. The van der Waals surface area contributed by atoms with E-state index in [1.807, 2.05) is 79.7 Å². The number of aryl methyl sites for hydroxylation is 1. The molecular weight excluding hydrogens is 458 g/mol. The lowest BCUT2D eigenvalue weighted by Gasteiger charge is -2.28. The van der Waals surface area contributed by atoms with Crippen molar-refractivity contribution in [3.8, 4) is 11.5 Å². The van der Waals surface area contributed by atoms with Gasteiger partial charge in [-0.25, -0.2) is 0 Å². The van der Waals surface area contributed by atoms with E-state index in [0.29, 0.717) is 54.6 Å². The number of benzene rings is 2. The number of ether oxygens (including phenoxy) is 3. The number of aliphatic hydroxyl groups is 1. The van der Waals surface area contributed by atoms with Crippen LogP contribution >= 0.6 is 0 Å². The van der Waals surface area contributed by atoms with E-state index in [4.69, 9.17) is 23.0 Å². The molecule has 0 unspecified atom stereocenters. The molecule has 0 radical (unpaired) electrons. The second-order valence-electron chi connectivity index (χ2n) is 8.65. The molecule has 4 aromatic rings. The van der Waals surface area contributed by atoms with Gasteiger partial charge in [-0.1, -0.05) is 24.3 Å². The minimum Gasteiger partial charge on any atom is -0.497 e. The predicted octanol–water partition coefficient (Wildman–Crippen LogP) is 5.13. The van der Waals surface area contributed by atoms with Crippen LogP contribution in [0.4, 0.5) is 0 Å². The van der Waals surface area contributed by atoms with Gasteiger partial charge in [0.25, 0.3) is 0 Å². The van der Waals surface area contributed by atoms with Gasteiger partial charge in [-0.15, -0.1) is 0 Å². The summed E-state index contributed by atoms with van der Waals surface area (Å²) in [7, 11) is 4.91. The minimum absolute atomic E-state index is 0.424. The summed E-state index contributed by atoms with van der Waals surface area (Å²) >= 11 is 0. The maximum atomic E-state index is 12.2. The first-order valence-electron chi connectivity index (χ1n) is 11.8. The molecule has 0 aliphatic heterocycles. The van der Waals surface area contributed by atoms with E-state index in [1.54, 1.807) is 21.3 Å². The summed E-state index contributed by atoms with van der Waals surface area (Å²) < 4.78 is 28.0. The lowest BCUT2D eigenvalue weighted by atomic mass is 9.84. The minimum atomic E-state index is -1.51. The van der Waals surface area contributed by atoms with Crippen molar-refractivity contribution in [2.24, 2.45) is 0 Å². The number of rotatable bonds is 12. The van der Waals surface area contributed by atoms with Crippen LogP contribution in [0.1, 0.15) is 34.2 Å². The quantitative estimate of drug-likeness (QED) is 0.294. The summed E-state index contributed by atoms with van der Waals surface area (Å²) in [5, 5.41) is 12.2. The molecule has 0 fully saturated rings. The second kappa shape index (κ2) is 11.5. The van der Waals surface area contributed by atoms with Gasteiger partial charge in [-0.3, -0.25) is 4.90 Å². The van der Waals surface area contributed by atoms with Crippen molar-refractivity contribution < 1.29 is 28.2 Å². The van der Waals surface area contributed by atoms with Crippen LogP contribution < -0.4 is 9.47 Å². The molecule has 0 atom stereocenters. The Morgan fingerprint density at radius 1 is 0.722 bits per heavy atom. The smallest absolute Gasteiger partial charge is 0.173 e. The first-order valence-corrected chi connectivity index (χ1v) is 11.8. The zero-order chi connectivity index (χ0) is 25.5. The molecule has 4 rings (SSSR count). The lowest BCUT2D eigenvalue weighted by Crippen LogP contribution is -2.28. The zero-order valence-electron chi connectivity index (χ0n) is 21.2. The third-order valence-electron chi connectivity index (χ3n) is 6.20. The molecule has 7 heteroatoms. The van der Waals surface area contributed by atoms with Crippen LogP contribution in [0.2, 0.25) is 0 Å². The van der Waals surface area contributed by atoms with E-state index in [1.165, 1.54) is 0 Å². The first-order chi connectivity index (χ1) is 17.5. The molecule has 190 valence electrons. The maximum absolute atomic E-state index is 12.2. The van der Waals surface area contributed by atoms with Crippen LogP contribution in [0.5, 0.6) is 11.5 Å². The Balaban J connectivity index is 1.66. The van der Waals surface area contributed by atoms with Gasteiger partial charge in [0, 0.05) is 13.7 Å². The summed E-state index contributed by atoms with van der Waals surface area (Å²) in [5.41, 5.74) is -0.181. The largest absolute Gasteiger partial charge is 0.497 e. The highest BCUT2D eigenvalue weighted by molar-refractivity contribution is 5.46. The van der Waals surface area contributed by atoms with Gasteiger partial charge < -0.3 is 28.2 Å². The Morgan fingerprint density at radius 2 is 1.25 bits per heavy atom. The lowest BCUT2D eigenvalue weighted by molar-refractivity contribution is 0.0925. The molecule has 0 saturated heterocycles. The molecule has 0 amide bonds. The Labute approximate surface area is 211 Å². The molecule has 2 heterocycles. The fraction of sp³-hybridized carbons (Fsp3) is 0.310. The van der Waals surface area contributed by atoms with Gasteiger partial charge >= 0.3 is 0 Å². The van der Waals surface area contributed by atoms with E-state index in [0.717, 1.165) is 17.3 Å². The van der Waals surface area contributed by atoms with Crippen LogP contribution in [-0.2, 0) is 23.4 Å². The molecule has 36 heavy (non-hydrogen) atoms. The van der Waals surface area contributed by atoms with E-state index in [9.17, 15) is 5.11 Å². The highest BCUT2D eigenvalue weighted by Crippen LogP contribution is 2.39. The van der Waals surface area contributed by atoms with Gasteiger partial charge in [0.15, 0.2) is 5.60 Å². The Hall–Kier alpha value is -3.52. The molecule has 0 aliphatic rings. The van der Waals surface area contributed by atoms with Crippen LogP contribution in [0.3, 0.4) is 0 Å². The van der Waals surface area contributed by atoms with Crippen LogP contribution in [-0.4, -0.2) is 44.5 Å². The number of nitrogens with zero attached hydrogens (tertiary/aromatic N) is 1. The molecule has 2 aromatic carbocycles. The summed E-state index contributed by atoms with van der Waals surface area (Å²) in [5.74, 6) is 4.32. The third kappa shape index (κ3) is 5.65. The topological polar surface area (TPSA) is 77.4 Å². The number of hydrogen-bond acceptors (Lipinski definition) is 7. The van der Waals surface area contributed by atoms with Gasteiger partial charge in [0.1, 0.15) is 34.5 Å². The summed E-state index contributed by atoms with van der Waals surface area (Å²) in [6, 6.07) is 22.3. The molecule has 7 nitrogen and oxygen atoms in total. The fourth-order valence-corrected chi connectivity index (χ4v) is 4.22. The summed E-state index contributed by atoms with van der Waals surface area (Å²) in [6.45, 7) is 4.36. The van der Waals surface area contributed by atoms with Crippen molar-refractivity contribution >= 4 is 0 Å². The van der Waals surface area contributed by atoms with Crippen molar-refractivity contribution in [3.05, 3.63) is 107 Å². The summed E-state index contributed by atoms with van der Waals surface area (Å²) in [6.07, 6.45) is 0. The van der Waals surface area contributed by atoms with E-state index in [-0.39, 0.29) is 0 Å². The van der Waals surface area contributed by atoms with Crippen LogP contribution in [0.25, 0.3) is 0 Å². The molecule has 0 bridgehead atoms. The molecule has 1 N–H and O–H groups in total. The highest BCUT2D eigenvalue weighted by Gasteiger charge is 2.37. The second-order valence-corrected chi connectivity index (χ2v) is 8.65. The van der Waals surface area contributed by atoms with Crippen molar-refractivity contribution in [2.45, 2.75) is 25.6 Å². The Morgan fingerprint density at radius 3 is 1.72 bits per heavy atom. The monoisotopic (exact) mass is 491 g/mol. The SMILES string of the molecule is COCCN(Cc1ccc(C)o1)Cc1ccc(C(O)(c2ccc(OC)cc2)c2ccc(OC)cc2)o1. The van der Waals surface area contributed by atoms with Crippen LogP contribution in [0, 0.1) is 6.92 Å². The van der Waals surface area contributed by atoms with Crippen LogP contribution in [0.15, 0.2) is 81.6 Å². The molecule has 0 spiro atoms. The first kappa shape index (κ1) is 25.6. The van der Waals surface area contributed by atoms with E-state index in [2.05, 4.69) is 4.90 Å². The molecule has 2 aromatic heterocycles. The summed E-state index contributed by atoms with van der Waals surface area (Å²) in [4.78, 5) is 2.18. The average molecular weight is 492 g/mol. The number of hydrogen-bond donors (Lipinski definition) is 1. The molecule has 0 saturated carbocycles. The van der Waals surface area contributed by atoms with Crippen molar-refractivity contribution in [1.29, 1.82) is 0 Å². The number of furan rings is 2. The predicted molar refractivity (Wildman–Crippen MR) is 136 cm³/mol. The zero-order valence-corrected chi connectivity index (χ0v) is 21.2. The van der Waals surface area contributed by atoms with E-state index < -0.39 is 5.60 Å². The van der Waals surface area contributed by atoms with E-state index >= 15 is 0 Å². The van der Waals surface area contributed by atoms with Gasteiger partial charge in [0.2, 0.25) is 0 Å². The average Bonchev–Trinajstić information content (AvgIpc) is 3.55. The fourth-order valence-electron chi connectivity index (χ4n) is 4.22.